The van der Waals surface area contributed by atoms with E-state index in [1.54, 1.807) is 4.90 Å². The number of fused-ring (bicyclic) bond motifs is 1. The number of halogens is 1. The number of carbonyl (C=O) groups excluding carboxylic acids is 1. The van der Waals surface area contributed by atoms with Gasteiger partial charge < -0.3 is 14.8 Å². The van der Waals surface area contributed by atoms with Crippen molar-refractivity contribution < 1.29 is 14.3 Å². The first-order chi connectivity index (χ1) is 16.0. The Kier molecular flexibility index (Phi) is 7.49. The monoisotopic (exact) mass is 572 g/mol. The lowest BCUT2D eigenvalue weighted by molar-refractivity contribution is -0.122. The molecule has 33 heavy (non-hydrogen) atoms. The van der Waals surface area contributed by atoms with Crippen LogP contribution in [0.5, 0.6) is 11.5 Å². The highest BCUT2D eigenvalue weighted by molar-refractivity contribution is 14.1. The molecule has 0 spiro atoms. The summed E-state index contributed by atoms with van der Waals surface area (Å²) in [7, 11) is 0. The molecule has 4 rings (SSSR count). The summed E-state index contributed by atoms with van der Waals surface area (Å²) >= 11 is 7.56. The zero-order valence-corrected chi connectivity index (χ0v) is 21.5. The minimum absolute atomic E-state index is 0.105. The molecule has 1 amide bonds. The largest absolute Gasteiger partial charge is 0.490 e. The molecule has 3 aromatic carbocycles. The smallest absolute Gasteiger partial charge is 0.276 e. The van der Waals surface area contributed by atoms with Crippen LogP contribution in [0.4, 0.5) is 0 Å². The summed E-state index contributed by atoms with van der Waals surface area (Å²) in [6, 6.07) is 18.4. The van der Waals surface area contributed by atoms with Crippen molar-refractivity contribution in [1.82, 2.24) is 10.2 Å². The van der Waals surface area contributed by atoms with Crippen LogP contribution in [0.1, 0.15) is 31.4 Å². The first kappa shape index (κ1) is 23.5. The van der Waals surface area contributed by atoms with E-state index in [-0.39, 0.29) is 5.91 Å². The molecule has 7 heteroatoms. The lowest BCUT2D eigenvalue weighted by Crippen LogP contribution is -2.31. The molecule has 1 N–H and O–H groups in total. The number of rotatable bonds is 8. The van der Waals surface area contributed by atoms with Gasteiger partial charge in [0.2, 0.25) is 0 Å². The number of nitrogens with zero attached hydrogens (tertiary/aromatic N) is 1. The average molecular weight is 572 g/mol. The fourth-order valence-corrected chi connectivity index (χ4v) is 4.87. The molecule has 0 saturated carbocycles. The summed E-state index contributed by atoms with van der Waals surface area (Å²) in [5.41, 5.74) is 2.43. The predicted octanol–water partition coefficient (Wildman–Crippen LogP) is 5.89. The molecule has 0 aliphatic carbocycles. The number of hydrogen-bond acceptors (Lipinski definition) is 4. The number of amides is 1. The lowest BCUT2D eigenvalue weighted by Gasteiger charge is -2.16. The molecule has 1 heterocycles. The molecule has 3 aromatic rings. The van der Waals surface area contributed by atoms with Gasteiger partial charge >= 0.3 is 0 Å². The Labute approximate surface area is 212 Å². The van der Waals surface area contributed by atoms with Crippen LogP contribution in [0.3, 0.4) is 0 Å². The van der Waals surface area contributed by atoms with Gasteiger partial charge in [0.05, 0.1) is 10.2 Å². The van der Waals surface area contributed by atoms with E-state index < -0.39 is 0 Å². The molecule has 1 aliphatic rings. The van der Waals surface area contributed by atoms with Gasteiger partial charge in [-0.2, -0.15) is 0 Å². The Balaban J connectivity index is 1.61. The average Bonchev–Trinajstić information content (AvgIpc) is 3.06. The van der Waals surface area contributed by atoms with Gasteiger partial charge in [-0.25, -0.2) is 0 Å². The Morgan fingerprint density at radius 1 is 1.09 bits per heavy atom. The maximum atomic E-state index is 12.7. The molecule has 0 bridgehead atoms. The molecular weight excluding hydrogens is 547 g/mol. The number of thiocarbonyl (C=S) groups is 1. The summed E-state index contributed by atoms with van der Waals surface area (Å²) in [6.45, 7) is 5.50. The molecule has 0 radical (unpaired) electrons. The van der Waals surface area contributed by atoms with Crippen molar-refractivity contribution in [2.24, 2.45) is 0 Å². The second-order valence-corrected chi connectivity index (χ2v) is 9.18. The molecule has 170 valence electrons. The minimum atomic E-state index is -0.105. The molecular formula is C26H25IN2O3S. The van der Waals surface area contributed by atoms with Crippen LogP contribution in [-0.2, 0) is 11.4 Å². The van der Waals surface area contributed by atoms with Crippen LogP contribution in [0.15, 0.2) is 60.3 Å². The third-order valence-electron chi connectivity index (χ3n) is 5.30. The van der Waals surface area contributed by atoms with Crippen molar-refractivity contribution in [3.05, 3.63) is 75.0 Å². The summed E-state index contributed by atoms with van der Waals surface area (Å²) in [5.74, 6) is 1.24. The summed E-state index contributed by atoms with van der Waals surface area (Å²) < 4.78 is 13.1. The van der Waals surface area contributed by atoms with Gasteiger partial charge in [0, 0.05) is 6.54 Å². The van der Waals surface area contributed by atoms with Crippen molar-refractivity contribution in [2.45, 2.75) is 26.9 Å². The van der Waals surface area contributed by atoms with Gasteiger partial charge in [0.15, 0.2) is 16.6 Å². The first-order valence-corrected chi connectivity index (χ1v) is 12.4. The molecule has 5 nitrogen and oxygen atoms in total. The van der Waals surface area contributed by atoms with E-state index in [9.17, 15) is 4.79 Å². The topological polar surface area (TPSA) is 50.8 Å². The van der Waals surface area contributed by atoms with E-state index in [2.05, 4.69) is 52.2 Å². The molecule has 1 fully saturated rings. The van der Waals surface area contributed by atoms with Gasteiger partial charge in [-0.15, -0.1) is 0 Å². The first-order valence-electron chi connectivity index (χ1n) is 10.9. The third kappa shape index (κ3) is 5.14. The maximum absolute atomic E-state index is 12.7. The number of benzene rings is 3. The molecule has 0 aromatic heterocycles. The van der Waals surface area contributed by atoms with E-state index >= 15 is 0 Å². The third-order valence-corrected chi connectivity index (χ3v) is 6.43. The van der Waals surface area contributed by atoms with Crippen LogP contribution in [0.25, 0.3) is 16.8 Å². The van der Waals surface area contributed by atoms with Gasteiger partial charge in [0.25, 0.3) is 5.91 Å². The van der Waals surface area contributed by atoms with E-state index in [4.69, 9.17) is 21.7 Å². The predicted molar refractivity (Wildman–Crippen MR) is 144 cm³/mol. The second-order valence-electron chi connectivity index (χ2n) is 7.63. The van der Waals surface area contributed by atoms with Gasteiger partial charge in [-0.3, -0.25) is 9.69 Å². The van der Waals surface area contributed by atoms with Crippen LogP contribution in [-0.4, -0.2) is 29.1 Å². The number of hydrogen-bond donors (Lipinski definition) is 1. The number of nitrogens with one attached hydrogen (secondary N) is 1. The van der Waals surface area contributed by atoms with E-state index in [1.165, 1.54) is 10.8 Å². The SMILES string of the molecule is CCCN1C(=O)/C(=C/c2cc(I)c(OCc3cccc4ccccc34)c(OCC)c2)NC1=S. The molecule has 1 aliphatic heterocycles. The fraction of sp³-hybridized carbons (Fsp3) is 0.231. The van der Waals surface area contributed by atoms with E-state index in [1.807, 2.05) is 50.3 Å². The van der Waals surface area contributed by atoms with Crippen LogP contribution >= 0.6 is 34.8 Å². The minimum Gasteiger partial charge on any atom is -0.490 e. The highest BCUT2D eigenvalue weighted by Crippen LogP contribution is 2.36. The quantitative estimate of drug-likeness (QED) is 0.207. The Bertz CT molecular complexity index is 1240. The van der Waals surface area contributed by atoms with Crippen molar-refractivity contribution >= 4 is 62.7 Å². The van der Waals surface area contributed by atoms with Crippen molar-refractivity contribution in [3.8, 4) is 11.5 Å². The van der Waals surface area contributed by atoms with Gasteiger partial charge in [0.1, 0.15) is 12.3 Å². The van der Waals surface area contributed by atoms with Crippen LogP contribution in [0.2, 0.25) is 0 Å². The van der Waals surface area contributed by atoms with Crippen molar-refractivity contribution in [2.75, 3.05) is 13.2 Å². The van der Waals surface area contributed by atoms with E-state index in [0.717, 1.165) is 21.1 Å². The Morgan fingerprint density at radius 3 is 2.67 bits per heavy atom. The van der Waals surface area contributed by atoms with Crippen molar-refractivity contribution in [3.63, 3.8) is 0 Å². The highest BCUT2D eigenvalue weighted by Gasteiger charge is 2.29. The zero-order chi connectivity index (χ0) is 23.4. The maximum Gasteiger partial charge on any atom is 0.276 e. The highest BCUT2D eigenvalue weighted by atomic mass is 127. The van der Waals surface area contributed by atoms with Crippen LogP contribution < -0.4 is 14.8 Å². The zero-order valence-electron chi connectivity index (χ0n) is 18.6. The Morgan fingerprint density at radius 2 is 1.88 bits per heavy atom. The molecule has 0 atom stereocenters. The molecule has 0 unspecified atom stereocenters. The summed E-state index contributed by atoms with van der Waals surface area (Å²) in [6.07, 6.45) is 2.65. The normalized spacial score (nSPS) is 14.8. The lowest BCUT2D eigenvalue weighted by atomic mass is 10.1. The second kappa shape index (κ2) is 10.5. The van der Waals surface area contributed by atoms with E-state index in [0.29, 0.717) is 42.1 Å². The standard InChI is InChI=1S/C26H25IN2O3S/c1-3-12-29-25(30)22(28-26(29)33)14-17-13-21(27)24(23(15-17)31-4-2)32-16-19-10-7-9-18-8-5-6-11-20(18)19/h5-11,13-15H,3-4,12,16H2,1-2H3,(H,28,33)/b22-14-. The number of carbonyl (C=O) groups is 1. The number of ether oxygens (including phenoxy) is 2. The Hall–Kier alpha value is -2.65. The van der Waals surface area contributed by atoms with Gasteiger partial charge in [-0.05, 0) is 88.3 Å². The fourth-order valence-electron chi connectivity index (χ4n) is 3.81. The molecule has 1 saturated heterocycles. The van der Waals surface area contributed by atoms with Gasteiger partial charge in [-0.1, -0.05) is 49.4 Å². The van der Waals surface area contributed by atoms with Crippen molar-refractivity contribution in [1.29, 1.82) is 0 Å². The summed E-state index contributed by atoms with van der Waals surface area (Å²) in [5, 5.41) is 5.84. The van der Waals surface area contributed by atoms with Crippen LogP contribution in [0, 0.1) is 3.57 Å². The summed E-state index contributed by atoms with van der Waals surface area (Å²) in [4.78, 5) is 14.3.